The summed E-state index contributed by atoms with van der Waals surface area (Å²) in [4.78, 5) is 0. The van der Waals surface area contributed by atoms with E-state index < -0.39 is 0 Å². The van der Waals surface area contributed by atoms with Crippen LogP contribution in [-0.4, -0.2) is 29.2 Å². The lowest BCUT2D eigenvalue weighted by molar-refractivity contribution is 0.0657. The average Bonchev–Trinajstić information content (AvgIpc) is 3.09. The standard InChI is InChI=1S/C27H38ClNO/c1-15-11-25(30)26(29-14-15)17(3)20-7-8-21-22-6-5-18-12-19(28)9-10-27(18,4)24(22)13-23(21)16(20)2/h5,7-8,15,17,19,22,24-26,29-30H,6,9-14H2,1-4H3/t15-,17-,19+,22-,24-,25+,26-,27-/m0/s1. The van der Waals surface area contributed by atoms with Crippen molar-refractivity contribution in [1.82, 2.24) is 5.32 Å². The molecule has 3 heteroatoms. The van der Waals surface area contributed by atoms with Gasteiger partial charge < -0.3 is 10.4 Å². The lowest BCUT2D eigenvalue weighted by Crippen LogP contribution is -2.50. The second-order valence-corrected chi connectivity index (χ2v) is 11.7. The van der Waals surface area contributed by atoms with E-state index in [0.29, 0.717) is 28.5 Å². The van der Waals surface area contributed by atoms with Gasteiger partial charge in [-0.25, -0.2) is 0 Å². The van der Waals surface area contributed by atoms with Gasteiger partial charge in [-0.05, 0) is 103 Å². The first-order valence-corrected chi connectivity index (χ1v) is 12.6. The summed E-state index contributed by atoms with van der Waals surface area (Å²) < 4.78 is 0. The summed E-state index contributed by atoms with van der Waals surface area (Å²) in [6.45, 7) is 10.4. The van der Waals surface area contributed by atoms with Crippen LogP contribution in [0.3, 0.4) is 0 Å². The van der Waals surface area contributed by atoms with Crippen molar-refractivity contribution in [3.63, 3.8) is 0 Å². The maximum atomic E-state index is 10.7. The number of piperidine rings is 1. The van der Waals surface area contributed by atoms with Gasteiger partial charge in [0.1, 0.15) is 0 Å². The van der Waals surface area contributed by atoms with Crippen LogP contribution in [0.1, 0.15) is 87.0 Å². The molecule has 30 heavy (non-hydrogen) atoms. The predicted octanol–water partition coefficient (Wildman–Crippen LogP) is 5.84. The third kappa shape index (κ3) is 3.21. The number of aliphatic hydroxyl groups is 1. The number of rotatable bonds is 2. The van der Waals surface area contributed by atoms with Crippen molar-refractivity contribution in [1.29, 1.82) is 0 Å². The first-order chi connectivity index (χ1) is 14.3. The molecule has 1 heterocycles. The molecule has 4 aliphatic rings. The monoisotopic (exact) mass is 427 g/mol. The topological polar surface area (TPSA) is 32.3 Å². The fourth-order valence-corrected chi connectivity index (χ4v) is 7.74. The van der Waals surface area contributed by atoms with Crippen molar-refractivity contribution in [3.05, 3.63) is 46.0 Å². The number of aliphatic hydroxyl groups excluding tert-OH is 1. The van der Waals surface area contributed by atoms with Crippen LogP contribution >= 0.6 is 11.6 Å². The van der Waals surface area contributed by atoms with Gasteiger partial charge in [0.25, 0.3) is 0 Å². The molecule has 1 aromatic carbocycles. The van der Waals surface area contributed by atoms with Crippen molar-refractivity contribution in [2.24, 2.45) is 17.3 Å². The second-order valence-electron chi connectivity index (χ2n) is 11.1. The van der Waals surface area contributed by atoms with Crippen LogP contribution in [0.5, 0.6) is 0 Å². The minimum Gasteiger partial charge on any atom is -0.391 e. The number of allylic oxidation sites excluding steroid dienone is 2. The fraction of sp³-hybridized carbons (Fsp3) is 0.704. The van der Waals surface area contributed by atoms with E-state index in [1.807, 2.05) is 0 Å². The van der Waals surface area contributed by atoms with E-state index in [-0.39, 0.29) is 12.1 Å². The van der Waals surface area contributed by atoms with Gasteiger partial charge in [-0.2, -0.15) is 0 Å². The molecule has 2 nitrogen and oxygen atoms in total. The number of hydrogen-bond acceptors (Lipinski definition) is 2. The lowest BCUT2D eigenvalue weighted by Gasteiger charge is -2.48. The van der Waals surface area contributed by atoms with Gasteiger partial charge in [0.05, 0.1) is 6.10 Å². The summed E-state index contributed by atoms with van der Waals surface area (Å²) in [6, 6.07) is 4.98. The zero-order valence-corrected chi connectivity index (χ0v) is 19.8. The van der Waals surface area contributed by atoms with Crippen molar-refractivity contribution in [3.8, 4) is 0 Å². The van der Waals surface area contributed by atoms with E-state index >= 15 is 0 Å². The molecule has 0 spiro atoms. The molecule has 0 amide bonds. The van der Waals surface area contributed by atoms with E-state index in [9.17, 15) is 5.11 Å². The Morgan fingerprint density at radius 2 is 2.07 bits per heavy atom. The lowest BCUT2D eigenvalue weighted by atomic mass is 9.57. The molecule has 1 saturated heterocycles. The molecule has 164 valence electrons. The highest BCUT2D eigenvalue weighted by atomic mass is 35.5. The molecular weight excluding hydrogens is 390 g/mol. The van der Waals surface area contributed by atoms with Crippen LogP contribution in [0.4, 0.5) is 0 Å². The number of nitrogens with one attached hydrogen (secondary N) is 1. The number of halogens is 1. The Balaban J connectivity index is 1.44. The summed E-state index contributed by atoms with van der Waals surface area (Å²) in [5.74, 6) is 2.28. The summed E-state index contributed by atoms with van der Waals surface area (Å²) in [5.41, 5.74) is 8.08. The van der Waals surface area contributed by atoms with E-state index in [1.54, 1.807) is 16.7 Å². The van der Waals surface area contributed by atoms with Crippen molar-refractivity contribution >= 4 is 11.6 Å². The van der Waals surface area contributed by atoms with Crippen LogP contribution in [0.25, 0.3) is 0 Å². The van der Waals surface area contributed by atoms with Crippen molar-refractivity contribution in [2.45, 2.75) is 95.6 Å². The van der Waals surface area contributed by atoms with Gasteiger partial charge in [0, 0.05) is 11.4 Å². The molecule has 8 atom stereocenters. The molecule has 3 aliphatic carbocycles. The molecule has 2 fully saturated rings. The van der Waals surface area contributed by atoms with E-state index in [4.69, 9.17) is 11.6 Å². The Hall–Kier alpha value is -0.830. The highest BCUT2D eigenvalue weighted by Crippen LogP contribution is 2.60. The molecule has 1 saturated carbocycles. The number of alkyl halides is 1. The Kier molecular flexibility index (Phi) is 5.36. The first kappa shape index (κ1) is 21.0. The summed E-state index contributed by atoms with van der Waals surface area (Å²) in [7, 11) is 0. The second kappa shape index (κ2) is 7.64. The van der Waals surface area contributed by atoms with E-state index in [1.165, 1.54) is 30.4 Å². The fourth-order valence-electron chi connectivity index (χ4n) is 7.47. The summed E-state index contributed by atoms with van der Waals surface area (Å²) in [6.07, 6.45) is 9.07. The number of hydrogen-bond donors (Lipinski definition) is 2. The molecule has 0 unspecified atom stereocenters. The highest BCUT2D eigenvalue weighted by molar-refractivity contribution is 6.20. The number of benzene rings is 1. The zero-order valence-electron chi connectivity index (χ0n) is 19.0. The Morgan fingerprint density at radius 3 is 2.83 bits per heavy atom. The van der Waals surface area contributed by atoms with Gasteiger partial charge in [-0.15, -0.1) is 11.6 Å². The van der Waals surface area contributed by atoms with Gasteiger partial charge in [0.2, 0.25) is 0 Å². The summed E-state index contributed by atoms with van der Waals surface area (Å²) in [5, 5.41) is 14.7. The number of fused-ring (bicyclic) bond motifs is 5. The predicted molar refractivity (Wildman–Crippen MR) is 125 cm³/mol. The largest absolute Gasteiger partial charge is 0.391 e. The molecule has 0 aromatic heterocycles. The third-order valence-corrected chi connectivity index (χ3v) is 9.74. The molecule has 2 N–H and O–H groups in total. The SMILES string of the molecule is Cc1c([C@H](C)[C@@H]2NC[C@@H](C)C[C@H]2O)ccc2c1C[C@H]1[C@H]2CC=C2C[C@H](Cl)CC[C@@]21C. The molecule has 0 bridgehead atoms. The Bertz CT molecular complexity index is 863. The van der Waals surface area contributed by atoms with Crippen LogP contribution in [0.2, 0.25) is 0 Å². The van der Waals surface area contributed by atoms with Gasteiger partial charge in [-0.3, -0.25) is 0 Å². The zero-order chi connectivity index (χ0) is 21.2. The molecule has 1 aliphatic heterocycles. The van der Waals surface area contributed by atoms with Gasteiger partial charge >= 0.3 is 0 Å². The molecular formula is C27H38ClNO. The maximum absolute atomic E-state index is 10.7. The molecule has 0 radical (unpaired) electrons. The minimum absolute atomic E-state index is 0.159. The minimum atomic E-state index is -0.254. The van der Waals surface area contributed by atoms with Crippen LogP contribution in [0.15, 0.2) is 23.8 Å². The van der Waals surface area contributed by atoms with Crippen molar-refractivity contribution < 1.29 is 5.11 Å². The Labute approximate surface area is 187 Å². The average molecular weight is 428 g/mol. The summed E-state index contributed by atoms with van der Waals surface area (Å²) >= 11 is 6.54. The molecule has 5 rings (SSSR count). The quantitative estimate of drug-likeness (QED) is 0.459. The van der Waals surface area contributed by atoms with Crippen LogP contribution in [0, 0.1) is 24.2 Å². The normalized spacial score (nSPS) is 41.5. The van der Waals surface area contributed by atoms with Gasteiger partial charge in [0.15, 0.2) is 0 Å². The van der Waals surface area contributed by atoms with E-state index in [0.717, 1.165) is 31.7 Å². The highest BCUT2D eigenvalue weighted by Gasteiger charge is 2.50. The Morgan fingerprint density at radius 1 is 1.27 bits per heavy atom. The molecule has 1 aromatic rings. The third-order valence-electron chi connectivity index (χ3n) is 9.36. The van der Waals surface area contributed by atoms with E-state index in [2.05, 4.69) is 51.2 Å². The van der Waals surface area contributed by atoms with Crippen molar-refractivity contribution in [2.75, 3.05) is 6.54 Å². The first-order valence-electron chi connectivity index (χ1n) is 12.2. The van der Waals surface area contributed by atoms with Crippen LogP contribution < -0.4 is 5.32 Å². The maximum Gasteiger partial charge on any atom is 0.0702 e. The van der Waals surface area contributed by atoms with Crippen LogP contribution in [-0.2, 0) is 6.42 Å². The smallest absolute Gasteiger partial charge is 0.0702 e. The van der Waals surface area contributed by atoms with Gasteiger partial charge in [-0.1, -0.05) is 44.6 Å².